The summed E-state index contributed by atoms with van der Waals surface area (Å²) in [7, 11) is 0. The van der Waals surface area contributed by atoms with Gasteiger partial charge in [-0.25, -0.2) is 0 Å². The Kier molecular flexibility index (Phi) is 3.31. The van der Waals surface area contributed by atoms with Crippen molar-refractivity contribution >= 4 is 0 Å². The fourth-order valence-corrected chi connectivity index (χ4v) is 0.804. The first-order valence-corrected chi connectivity index (χ1v) is 3.40. The number of rotatable bonds is 3. The van der Waals surface area contributed by atoms with Crippen LogP contribution in [-0.4, -0.2) is 19.3 Å². The van der Waals surface area contributed by atoms with Crippen molar-refractivity contribution in [3.05, 3.63) is 0 Å². The Hall–Kier alpha value is -0.290. The second-order valence-electron chi connectivity index (χ2n) is 2.54. The molecule has 0 aromatic carbocycles. The Morgan fingerprint density at radius 1 is 1.09 bits per heavy atom. The fraction of sp³-hybridized carbons (Fsp3) is 1.00. The van der Waals surface area contributed by atoms with Crippen LogP contribution in [0, 0.1) is 5.41 Å². The monoisotopic (exact) mass is 170 g/mol. The zero-order valence-electron chi connectivity index (χ0n) is 6.41. The van der Waals surface area contributed by atoms with E-state index < -0.39 is 24.7 Å². The largest absolute Gasteiger partial charge is 0.396 e. The van der Waals surface area contributed by atoms with Crippen molar-refractivity contribution in [3.63, 3.8) is 0 Å². The normalized spacial score (nSPS) is 13.6. The number of alkyl halides is 3. The molecule has 0 fully saturated rings. The summed E-state index contributed by atoms with van der Waals surface area (Å²) in [6.45, 7) is 0.556. The summed E-state index contributed by atoms with van der Waals surface area (Å²) in [5.74, 6) is 0. The summed E-state index contributed by atoms with van der Waals surface area (Å²) in [5.41, 5.74) is 8.15. The van der Waals surface area contributed by atoms with Crippen LogP contribution in [0.1, 0.15) is 13.3 Å². The van der Waals surface area contributed by atoms with Crippen LogP contribution in [0.4, 0.5) is 13.2 Å². The average molecular weight is 170 g/mol. The van der Waals surface area contributed by atoms with Crippen molar-refractivity contribution in [1.29, 1.82) is 0 Å². The molecule has 0 rings (SSSR count). The van der Waals surface area contributed by atoms with Crippen LogP contribution in [0.3, 0.4) is 0 Å². The van der Waals surface area contributed by atoms with E-state index in [4.69, 9.17) is 11.5 Å². The topological polar surface area (TPSA) is 52.0 Å². The molecular weight excluding hydrogens is 157 g/mol. The highest BCUT2D eigenvalue weighted by atomic mass is 19.4. The third-order valence-corrected chi connectivity index (χ3v) is 2.06. The minimum atomic E-state index is -4.29. The molecule has 5 heteroatoms. The lowest BCUT2D eigenvalue weighted by atomic mass is 9.84. The van der Waals surface area contributed by atoms with E-state index in [1.807, 2.05) is 0 Å². The second kappa shape index (κ2) is 3.40. The Morgan fingerprint density at radius 2 is 1.45 bits per heavy atom. The number of hydrogen-bond acceptors (Lipinski definition) is 2. The molecule has 0 spiro atoms. The Bertz CT molecular complexity index is 109. The van der Waals surface area contributed by atoms with Gasteiger partial charge in [0.2, 0.25) is 0 Å². The van der Waals surface area contributed by atoms with Gasteiger partial charge in [0, 0.05) is 13.1 Å². The Balaban J connectivity index is 4.54. The van der Waals surface area contributed by atoms with E-state index in [0.29, 0.717) is 0 Å². The predicted octanol–water partition coefficient (Wildman–Crippen LogP) is 0.863. The van der Waals surface area contributed by atoms with Gasteiger partial charge in [0.15, 0.2) is 0 Å². The van der Waals surface area contributed by atoms with E-state index in [1.165, 1.54) is 6.92 Å². The molecule has 2 nitrogen and oxygen atoms in total. The third kappa shape index (κ3) is 1.84. The van der Waals surface area contributed by atoms with Gasteiger partial charge in [0.25, 0.3) is 0 Å². The third-order valence-electron chi connectivity index (χ3n) is 2.06. The van der Waals surface area contributed by atoms with Gasteiger partial charge in [-0.15, -0.1) is 0 Å². The number of hydrogen-bond donors (Lipinski definition) is 2. The molecule has 0 aliphatic rings. The van der Waals surface area contributed by atoms with Crippen molar-refractivity contribution in [2.45, 2.75) is 19.5 Å². The van der Waals surface area contributed by atoms with Crippen molar-refractivity contribution in [3.8, 4) is 0 Å². The van der Waals surface area contributed by atoms with E-state index >= 15 is 0 Å². The molecule has 0 aliphatic heterocycles. The van der Waals surface area contributed by atoms with E-state index in [9.17, 15) is 13.2 Å². The quantitative estimate of drug-likeness (QED) is 0.660. The maximum Gasteiger partial charge on any atom is 0.396 e. The molecule has 0 bridgehead atoms. The summed E-state index contributed by atoms with van der Waals surface area (Å²) in [6.07, 6.45) is -4.35. The van der Waals surface area contributed by atoms with Gasteiger partial charge in [0.05, 0.1) is 5.41 Å². The van der Waals surface area contributed by atoms with Crippen molar-refractivity contribution in [2.24, 2.45) is 16.9 Å². The van der Waals surface area contributed by atoms with Gasteiger partial charge in [-0.3, -0.25) is 0 Å². The molecule has 0 saturated carbocycles. The standard InChI is InChI=1S/C6H13F3N2/c1-2-5(3-10,4-11)6(7,8)9/h2-4,10-11H2,1H3. The highest BCUT2D eigenvalue weighted by Crippen LogP contribution is 2.39. The zero-order valence-corrected chi connectivity index (χ0v) is 6.41. The fourth-order valence-electron chi connectivity index (χ4n) is 0.804. The van der Waals surface area contributed by atoms with Gasteiger partial charge < -0.3 is 11.5 Å². The van der Waals surface area contributed by atoms with E-state index in [2.05, 4.69) is 0 Å². The molecule has 0 aromatic heterocycles. The molecule has 0 unspecified atom stereocenters. The highest BCUT2D eigenvalue weighted by molar-refractivity contribution is 4.87. The van der Waals surface area contributed by atoms with Gasteiger partial charge in [-0.05, 0) is 6.42 Å². The first-order valence-electron chi connectivity index (χ1n) is 3.40. The molecule has 0 aliphatic carbocycles. The maximum atomic E-state index is 12.2. The molecule has 0 radical (unpaired) electrons. The van der Waals surface area contributed by atoms with E-state index in [1.54, 1.807) is 0 Å². The average Bonchev–Trinajstić information content (AvgIpc) is 1.90. The van der Waals surface area contributed by atoms with Crippen LogP contribution in [0.5, 0.6) is 0 Å². The number of nitrogens with two attached hydrogens (primary N) is 2. The molecule has 0 aromatic rings. The molecule has 0 saturated heterocycles. The van der Waals surface area contributed by atoms with Crippen LogP contribution >= 0.6 is 0 Å². The summed E-state index contributed by atoms with van der Waals surface area (Å²) < 4.78 is 36.6. The molecule has 0 atom stereocenters. The molecule has 0 amide bonds. The zero-order chi connectivity index (χ0) is 9.12. The molecule has 68 valence electrons. The van der Waals surface area contributed by atoms with Crippen LogP contribution in [0.25, 0.3) is 0 Å². The summed E-state index contributed by atoms with van der Waals surface area (Å²) in [5, 5.41) is 0. The Labute approximate surface area is 63.7 Å². The van der Waals surface area contributed by atoms with Crippen molar-refractivity contribution in [1.82, 2.24) is 0 Å². The van der Waals surface area contributed by atoms with Crippen molar-refractivity contribution in [2.75, 3.05) is 13.1 Å². The lowest BCUT2D eigenvalue weighted by Crippen LogP contribution is -2.49. The second-order valence-corrected chi connectivity index (χ2v) is 2.54. The Morgan fingerprint density at radius 3 is 1.45 bits per heavy atom. The molecule has 11 heavy (non-hydrogen) atoms. The summed E-state index contributed by atoms with van der Waals surface area (Å²) in [4.78, 5) is 0. The first kappa shape index (κ1) is 10.7. The van der Waals surface area contributed by atoms with Crippen molar-refractivity contribution < 1.29 is 13.2 Å². The maximum absolute atomic E-state index is 12.2. The molecule has 0 heterocycles. The minimum Gasteiger partial charge on any atom is -0.330 e. The van der Waals surface area contributed by atoms with E-state index in [0.717, 1.165) is 0 Å². The van der Waals surface area contributed by atoms with Crippen LogP contribution in [-0.2, 0) is 0 Å². The van der Waals surface area contributed by atoms with Gasteiger partial charge in [-0.2, -0.15) is 13.2 Å². The van der Waals surface area contributed by atoms with Gasteiger partial charge in [0.1, 0.15) is 0 Å². The lowest BCUT2D eigenvalue weighted by Gasteiger charge is -2.31. The molecular formula is C6H13F3N2. The predicted molar refractivity (Wildman–Crippen MR) is 36.9 cm³/mol. The SMILES string of the molecule is CCC(CN)(CN)C(F)(F)F. The van der Waals surface area contributed by atoms with Gasteiger partial charge >= 0.3 is 6.18 Å². The van der Waals surface area contributed by atoms with Crippen LogP contribution < -0.4 is 11.5 Å². The molecule has 4 N–H and O–H groups in total. The van der Waals surface area contributed by atoms with Gasteiger partial charge in [-0.1, -0.05) is 6.92 Å². The highest BCUT2D eigenvalue weighted by Gasteiger charge is 2.51. The smallest absolute Gasteiger partial charge is 0.330 e. The van der Waals surface area contributed by atoms with E-state index in [-0.39, 0.29) is 6.42 Å². The van der Waals surface area contributed by atoms with Crippen LogP contribution in [0.15, 0.2) is 0 Å². The summed E-state index contributed by atoms with van der Waals surface area (Å²) in [6, 6.07) is 0. The first-order chi connectivity index (χ1) is 4.93. The summed E-state index contributed by atoms with van der Waals surface area (Å²) >= 11 is 0. The minimum absolute atomic E-state index is 0.0660. The van der Waals surface area contributed by atoms with Crippen LogP contribution in [0.2, 0.25) is 0 Å². The number of halogens is 3. The lowest BCUT2D eigenvalue weighted by molar-refractivity contribution is -0.218.